The molecule has 142 valence electrons. The Morgan fingerprint density at radius 2 is 1.63 bits per heavy atom. The molecule has 2 amide bonds. The first-order valence-electron chi connectivity index (χ1n) is 8.23. The van der Waals surface area contributed by atoms with E-state index in [-0.39, 0.29) is 12.2 Å². The highest BCUT2D eigenvalue weighted by Crippen LogP contribution is 2.47. The number of hydrogen-bond acceptors (Lipinski definition) is 2. The van der Waals surface area contributed by atoms with Gasteiger partial charge in [0, 0.05) is 11.6 Å². The summed E-state index contributed by atoms with van der Waals surface area (Å²) in [5.41, 5.74) is -1.83. The molecule has 0 radical (unpaired) electrons. The van der Waals surface area contributed by atoms with Gasteiger partial charge in [0.15, 0.2) is 0 Å². The molecule has 0 bridgehead atoms. The lowest BCUT2D eigenvalue weighted by molar-refractivity contribution is -0.137. The van der Waals surface area contributed by atoms with Crippen LogP contribution in [0.4, 0.5) is 18.9 Å². The van der Waals surface area contributed by atoms with Crippen LogP contribution in [0.15, 0.2) is 48.5 Å². The Morgan fingerprint density at radius 1 is 1.00 bits per heavy atom. The van der Waals surface area contributed by atoms with Crippen molar-refractivity contribution < 1.29 is 22.8 Å². The highest BCUT2D eigenvalue weighted by Gasteiger charge is 2.56. The zero-order chi connectivity index (χ0) is 19.7. The molecule has 3 rings (SSSR count). The Kier molecular flexibility index (Phi) is 5.15. The molecular formula is C19H16ClF3N2O2. The molecule has 0 aliphatic heterocycles. The van der Waals surface area contributed by atoms with Crippen LogP contribution in [0.25, 0.3) is 0 Å². The van der Waals surface area contributed by atoms with Crippen LogP contribution in [0, 0.1) is 5.41 Å². The van der Waals surface area contributed by atoms with Crippen LogP contribution in [0.1, 0.15) is 24.0 Å². The quantitative estimate of drug-likeness (QED) is 0.736. The summed E-state index contributed by atoms with van der Waals surface area (Å²) in [5.74, 6) is -1.23. The highest BCUT2D eigenvalue weighted by molar-refractivity contribution is 6.30. The van der Waals surface area contributed by atoms with Gasteiger partial charge in [-0.1, -0.05) is 35.9 Å². The number of carbonyl (C=O) groups is 2. The molecule has 4 nitrogen and oxygen atoms in total. The van der Waals surface area contributed by atoms with E-state index in [2.05, 4.69) is 10.6 Å². The van der Waals surface area contributed by atoms with E-state index in [4.69, 9.17) is 11.6 Å². The highest BCUT2D eigenvalue weighted by atomic mass is 35.5. The third-order valence-electron chi connectivity index (χ3n) is 4.47. The summed E-state index contributed by atoms with van der Waals surface area (Å²) in [6.07, 6.45) is -4.02. The van der Waals surface area contributed by atoms with Crippen LogP contribution >= 0.6 is 11.6 Å². The predicted octanol–water partition coefficient (Wildman–Crippen LogP) is 4.39. The third kappa shape index (κ3) is 4.24. The van der Waals surface area contributed by atoms with Crippen molar-refractivity contribution in [2.75, 3.05) is 5.32 Å². The van der Waals surface area contributed by atoms with E-state index >= 15 is 0 Å². The van der Waals surface area contributed by atoms with Crippen LogP contribution in [-0.2, 0) is 22.3 Å². The predicted molar refractivity (Wildman–Crippen MR) is 95.0 cm³/mol. The van der Waals surface area contributed by atoms with Crippen molar-refractivity contribution in [1.82, 2.24) is 5.32 Å². The molecule has 0 spiro atoms. The maximum absolute atomic E-state index is 13.1. The fourth-order valence-electron chi connectivity index (χ4n) is 2.72. The van der Waals surface area contributed by atoms with E-state index in [1.807, 2.05) is 0 Å². The molecule has 0 aromatic heterocycles. The molecule has 1 saturated carbocycles. The van der Waals surface area contributed by atoms with Gasteiger partial charge in [0.2, 0.25) is 11.8 Å². The standard InChI is InChI=1S/C19H16ClF3N2O2/c20-13-7-5-12(6-8-13)11-24-16(26)18(9-10-18)17(27)25-15-4-2-1-3-14(15)19(21,22)23/h1-8H,9-11H2,(H,24,26)(H,25,27). The average molecular weight is 397 g/mol. The molecule has 8 heteroatoms. The Balaban J connectivity index is 1.68. The number of rotatable bonds is 5. The van der Waals surface area contributed by atoms with Crippen molar-refractivity contribution in [3.05, 3.63) is 64.7 Å². The van der Waals surface area contributed by atoms with Crippen LogP contribution in [-0.4, -0.2) is 11.8 Å². The molecule has 1 aliphatic rings. The van der Waals surface area contributed by atoms with Gasteiger partial charge in [0.1, 0.15) is 5.41 Å². The molecule has 1 fully saturated rings. The van der Waals surface area contributed by atoms with Crippen molar-refractivity contribution in [3.63, 3.8) is 0 Å². The summed E-state index contributed by atoms with van der Waals surface area (Å²) in [6, 6.07) is 11.5. The zero-order valence-electron chi connectivity index (χ0n) is 14.1. The molecular weight excluding hydrogens is 381 g/mol. The minimum atomic E-state index is -4.60. The number of alkyl halides is 3. The number of amides is 2. The summed E-state index contributed by atoms with van der Waals surface area (Å²) < 4.78 is 39.2. The Hall–Kier alpha value is -2.54. The summed E-state index contributed by atoms with van der Waals surface area (Å²) in [5, 5.41) is 5.50. The normalized spacial score (nSPS) is 15.1. The number of halogens is 4. The Morgan fingerprint density at radius 3 is 2.22 bits per heavy atom. The smallest absolute Gasteiger partial charge is 0.351 e. The Bertz CT molecular complexity index is 862. The zero-order valence-corrected chi connectivity index (χ0v) is 14.8. The summed E-state index contributed by atoms with van der Waals surface area (Å²) in [7, 11) is 0. The van der Waals surface area contributed by atoms with Crippen LogP contribution in [0.5, 0.6) is 0 Å². The molecule has 0 unspecified atom stereocenters. The number of para-hydroxylation sites is 1. The molecule has 2 N–H and O–H groups in total. The van der Waals surface area contributed by atoms with Gasteiger partial charge in [-0.15, -0.1) is 0 Å². The van der Waals surface area contributed by atoms with Crippen molar-refractivity contribution >= 4 is 29.1 Å². The topological polar surface area (TPSA) is 58.2 Å². The van der Waals surface area contributed by atoms with E-state index in [0.29, 0.717) is 17.9 Å². The number of benzene rings is 2. The summed E-state index contributed by atoms with van der Waals surface area (Å²) in [4.78, 5) is 25.0. The van der Waals surface area contributed by atoms with E-state index in [1.54, 1.807) is 24.3 Å². The lowest BCUT2D eigenvalue weighted by Gasteiger charge is -2.18. The van der Waals surface area contributed by atoms with Crippen molar-refractivity contribution in [2.24, 2.45) is 5.41 Å². The molecule has 27 heavy (non-hydrogen) atoms. The fourth-order valence-corrected chi connectivity index (χ4v) is 2.84. The molecule has 0 atom stereocenters. The van der Waals surface area contributed by atoms with E-state index < -0.39 is 29.0 Å². The summed E-state index contributed by atoms with van der Waals surface area (Å²) in [6.45, 7) is 0.199. The summed E-state index contributed by atoms with van der Waals surface area (Å²) >= 11 is 5.80. The molecule has 2 aromatic rings. The van der Waals surface area contributed by atoms with Crippen molar-refractivity contribution in [3.8, 4) is 0 Å². The van der Waals surface area contributed by atoms with Crippen molar-refractivity contribution in [1.29, 1.82) is 0 Å². The number of carbonyl (C=O) groups excluding carboxylic acids is 2. The molecule has 1 aliphatic carbocycles. The van der Waals surface area contributed by atoms with Gasteiger partial charge in [0.25, 0.3) is 0 Å². The first-order valence-corrected chi connectivity index (χ1v) is 8.61. The maximum Gasteiger partial charge on any atom is 0.418 e. The minimum absolute atomic E-state index is 0.199. The second-order valence-corrected chi connectivity index (χ2v) is 6.83. The first-order chi connectivity index (χ1) is 12.7. The average Bonchev–Trinajstić information content (AvgIpc) is 3.42. The van der Waals surface area contributed by atoms with Gasteiger partial charge >= 0.3 is 6.18 Å². The minimum Gasteiger partial charge on any atom is -0.351 e. The molecule has 0 saturated heterocycles. The monoisotopic (exact) mass is 396 g/mol. The number of anilines is 1. The largest absolute Gasteiger partial charge is 0.418 e. The first kappa shape index (κ1) is 19.2. The van der Waals surface area contributed by atoms with E-state index in [0.717, 1.165) is 11.6 Å². The van der Waals surface area contributed by atoms with E-state index in [9.17, 15) is 22.8 Å². The van der Waals surface area contributed by atoms with Gasteiger partial charge in [-0.25, -0.2) is 0 Å². The number of hydrogen-bond donors (Lipinski definition) is 2. The van der Waals surface area contributed by atoms with Crippen LogP contribution < -0.4 is 10.6 Å². The maximum atomic E-state index is 13.1. The molecule has 2 aromatic carbocycles. The third-order valence-corrected chi connectivity index (χ3v) is 4.72. The Labute approximate surface area is 158 Å². The second-order valence-electron chi connectivity index (χ2n) is 6.39. The van der Waals surface area contributed by atoms with Gasteiger partial charge in [-0.05, 0) is 42.7 Å². The van der Waals surface area contributed by atoms with Crippen LogP contribution in [0.3, 0.4) is 0 Å². The van der Waals surface area contributed by atoms with Crippen LogP contribution in [0.2, 0.25) is 5.02 Å². The van der Waals surface area contributed by atoms with Gasteiger partial charge < -0.3 is 10.6 Å². The molecule has 0 heterocycles. The van der Waals surface area contributed by atoms with Gasteiger partial charge in [-0.2, -0.15) is 13.2 Å². The fraction of sp³-hybridized carbons (Fsp3) is 0.263. The lowest BCUT2D eigenvalue weighted by Crippen LogP contribution is -2.39. The van der Waals surface area contributed by atoms with Gasteiger partial charge in [0.05, 0.1) is 11.3 Å². The SMILES string of the molecule is O=C(NCc1ccc(Cl)cc1)C1(C(=O)Nc2ccccc2C(F)(F)F)CC1. The van der Waals surface area contributed by atoms with Gasteiger partial charge in [-0.3, -0.25) is 9.59 Å². The van der Waals surface area contributed by atoms with E-state index in [1.165, 1.54) is 18.2 Å². The lowest BCUT2D eigenvalue weighted by atomic mass is 10.0. The second kappa shape index (κ2) is 7.23. The number of nitrogens with one attached hydrogen (secondary N) is 2. The van der Waals surface area contributed by atoms with Crippen molar-refractivity contribution in [2.45, 2.75) is 25.6 Å².